The van der Waals surface area contributed by atoms with Crippen LogP contribution in [0.2, 0.25) is 5.02 Å². The molecule has 0 radical (unpaired) electrons. The van der Waals surface area contributed by atoms with E-state index in [-0.39, 0.29) is 18.2 Å². The summed E-state index contributed by atoms with van der Waals surface area (Å²) in [5.41, 5.74) is 2.82. The van der Waals surface area contributed by atoms with E-state index in [4.69, 9.17) is 11.6 Å². The van der Waals surface area contributed by atoms with Crippen molar-refractivity contribution < 1.29 is 9.59 Å². The zero-order chi connectivity index (χ0) is 19.8. The third-order valence-corrected chi connectivity index (χ3v) is 4.67. The van der Waals surface area contributed by atoms with Gasteiger partial charge in [0.2, 0.25) is 5.91 Å². The van der Waals surface area contributed by atoms with Gasteiger partial charge in [-0.25, -0.2) is 0 Å². The topological polar surface area (TPSA) is 58.2 Å². The van der Waals surface area contributed by atoms with Crippen LogP contribution in [-0.4, -0.2) is 18.4 Å². The molecule has 5 heteroatoms. The Bertz CT molecular complexity index is 958. The number of hydrogen-bond donors (Lipinski definition) is 2. The van der Waals surface area contributed by atoms with Gasteiger partial charge in [-0.1, -0.05) is 72.3 Å². The molecule has 0 aliphatic heterocycles. The summed E-state index contributed by atoms with van der Waals surface area (Å²) < 4.78 is 0. The summed E-state index contributed by atoms with van der Waals surface area (Å²) in [6.45, 7) is 0.519. The van der Waals surface area contributed by atoms with Gasteiger partial charge in [-0.2, -0.15) is 0 Å². The molecule has 0 saturated heterocycles. The van der Waals surface area contributed by atoms with Crippen LogP contribution in [0.5, 0.6) is 0 Å². The van der Waals surface area contributed by atoms with Crippen molar-refractivity contribution >= 4 is 29.1 Å². The summed E-state index contributed by atoms with van der Waals surface area (Å²) in [5.74, 6) is -0.442. The van der Waals surface area contributed by atoms with Gasteiger partial charge in [0.05, 0.1) is 17.7 Å². The molecule has 0 aromatic heterocycles. The first-order valence-corrected chi connectivity index (χ1v) is 9.45. The summed E-state index contributed by atoms with van der Waals surface area (Å²) in [6.07, 6.45) is 0.886. The van der Waals surface area contributed by atoms with Crippen LogP contribution in [0.3, 0.4) is 0 Å². The Balaban J connectivity index is 1.61. The van der Waals surface area contributed by atoms with E-state index in [1.54, 1.807) is 30.3 Å². The summed E-state index contributed by atoms with van der Waals surface area (Å²) in [4.78, 5) is 25.0. The second kappa shape index (κ2) is 9.72. The van der Waals surface area contributed by atoms with Crippen LogP contribution in [0.25, 0.3) is 0 Å². The third-order valence-electron chi connectivity index (χ3n) is 4.30. The highest BCUT2D eigenvalue weighted by molar-refractivity contribution is 6.31. The lowest BCUT2D eigenvalue weighted by molar-refractivity contribution is -0.115. The first-order chi connectivity index (χ1) is 13.6. The molecule has 0 aliphatic rings. The number of rotatable bonds is 7. The van der Waals surface area contributed by atoms with E-state index in [1.807, 2.05) is 48.5 Å². The Kier molecular flexibility index (Phi) is 6.82. The van der Waals surface area contributed by atoms with E-state index < -0.39 is 0 Å². The summed E-state index contributed by atoms with van der Waals surface area (Å²) in [5, 5.41) is 6.27. The molecule has 3 aromatic carbocycles. The molecule has 4 nitrogen and oxygen atoms in total. The number of hydrogen-bond acceptors (Lipinski definition) is 2. The minimum atomic E-state index is -0.224. The molecule has 0 atom stereocenters. The number of carbonyl (C=O) groups excluding carboxylic acids is 2. The van der Waals surface area contributed by atoms with E-state index in [0.29, 0.717) is 22.8 Å². The third kappa shape index (κ3) is 5.44. The molecule has 0 saturated carbocycles. The number of nitrogens with one attached hydrogen (secondary N) is 2. The van der Waals surface area contributed by atoms with Crippen molar-refractivity contribution in [3.05, 3.63) is 101 Å². The van der Waals surface area contributed by atoms with Crippen LogP contribution < -0.4 is 10.6 Å². The minimum Gasteiger partial charge on any atom is -0.352 e. The Morgan fingerprint density at radius 3 is 2.29 bits per heavy atom. The number of halogens is 1. The van der Waals surface area contributed by atoms with Crippen LogP contribution in [0.4, 0.5) is 5.69 Å². The molecular formula is C23H21ClN2O2. The molecule has 3 aromatic rings. The van der Waals surface area contributed by atoms with Crippen LogP contribution in [-0.2, 0) is 17.6 Å². The fourth-order valence-electron chi connectivity index (χ4n) is 2.86. The standard InChI is InChI=1S/C23H21ClN2O2/c24-20-12-6-4-10-18(20)16-22(27)26-21-13-7-5-11-19(21)23(28)25-15-14-17-8-2-1-3-9-17/h1-13H,14-16H2,(H,25,28)(H,26,27). The van der Waals surface area contributed by atoms with Gasteiger partial charge in [0.1, 0.15) is 0 Å². The summed E-state index contributed by atoms with van der Waals surface area (Å²) in [7, 11) is 0. The van der Waals surface area contributed by atoms with Gasteiger partial charge in [-0.3, -0.25) is 9.59 Å². The maximum atomic E-state index is 12.6. The van der Waals surface area contributed by atoms with Crippen molar-refractivity contribution in [1.82, 2.24) is 5.32 Å². The molecule has 3 rings (SSSR count). The Labute approximate surface area is 169 Å². The van der Waals surface area contributed by atoms with Crippen LogP contribution in [0, 0.1) is 0 Å². The zero-order valence-electron chi connectivity index (χ0n) is 15.3. The minimum absolute atomic E-state index is 0.142. The van der Waals surface area contributed by atoms with E-state index >= 15 is 0 Å². The molecule has 0 bridgehead atoms. The first kappa shape index (κ1) is 19.6. The van der Waals surface area contributed by atoms with Gasteiger partial charge in [-0.05, 0) is 35.7 Å². The highest BCUT2D eigenvalue weighted by atomic mass is 35.5. The average Bonchev–Trinajstić information content (AvgIpc) is 2.71. The number of anilines is 1. The van der Waals surface area contributed by atoms with Gasteiger partial charge >= 0.3 is 0 Å². The molecule has 2 amide bonds. The highest BCUT2D eigenvalue weighted by Gasteiger charge is 2.14. The van der Waals surface area contributed by atoms with Gasteiger partial charge in [0.25, 0.3) is 5.91 Å². The Hall–Kier alpha value is -3.11. The lowest BCUT2D eigenvalue weighted by Gasteiger charge is -2.12. The predicted molar refractivity (Wildman–Crippen MR) is 113 cm³/mol. The predicted octanol–water partition coefficient (Wildman–Crippen LogP) is 4.49. The van der Waals surface area contributed by atoms with Crippen molar-refractivity contribution in [2.24, 2.45) is 0 Å². The van der Waals surface area contributed by atoms with Gasteiger partial charge in [-0.15, -0.1) is 0 Å². The smallest absolute Gasteiger partial charge is 0.253 e. The second-order valence-corrected chi connectivity index (χ2v) is 6.76. The van der Waals surface area contributed by atoms with Crippen LogP contribution in [0.1, 0.15) is 21.5 Å². The van der Waals surface area contributed by atoms with E-state index in [1.165, 1.54) is 0 Å². The lowest BCUT2D eigenvalue weighted by Crippen LogP contribution is -2.27. The van der Waals surface area contributed by atoms with Gasteiger partial charge < -0.3 is 10.6 Å². The van der Waals surface area contributed by atoms with Crippen LogP contribution in [0.15, 0.2) is 78.9 Å². The maximum Gasteiger partial charge on any atom is 0.253 e. The second-order valence-electron chi connectivity index (χ2n) is 6.35. The average molecular weight is 393 g/mol. The van der Waals surface area contributed by atoms with Gasteiger partial charge in [0, 0.05) is 11.6 Å². The zero-order valence-corrected chi connectivity index (χ0v) is 16.1. The fraction of sp³-hybridized carbons (Fsp3) is 0.130. The summed E-state index contributed by atoms with van der Waals surface area (Å²) >= 11 is 6.12. The first-order valence-electron chi connectivity index (χ1n) is 9.08. The van der Waals surface area contributed by atoms with E-state index in [0.717, 1.165) is 17.5 Å². The molecular weight excluding hydrogens is 372 g/mol. The number of para-hydroxylation sites is 1. The number of benzene rings is 3. The molecule has 0 unspecified atom stereocenters. The Morgan fingerprint density at radius 2 is 1.50 bits per heavy atom. The van der Waals surface area contributed by atoms with Crippen LogP contribution >= 0.6 is 11.6 Å². The van der Waals surface area contributed by atoms with Crippen molar-refractivity contribution in [2.45, 2.75) is 12.8 Å². The maximum absolute atomic E-state index is 12.6. The van der Waals surface area contributed by atoms with Crippen molar-refractivity contribution in [1.29, 1.82) is 0 Å². The SMILES string of the molecule is O=C(Cc1ccccc1Cl)Nc1ccccc1C(=O)NCCc1ccccc1. The molecule has 0 aliphatic carbocycles. The molecule has 0 heterocycles. The molecule has 0 fully saturated rings. The van der Waals surface area contributed by atoms with Crippen molar-refractivity contribution in [2.75, 3.05) is 11.9 Å². The highest BCUT2D eigenvalue weighted by Crippen LogP contribution is 2.18. The monoisotopic (exact) mass is 392 g/mol. The van der Waals surface area contributed by atoms with Crippen molar-refractivity contribution in [3.63, 3.8) is 0 Å². The van der Waals surface area contributed by atoms with E-state index in [9.17, 15) is 9.59 Å². The normalized spacial score (nSPS) is 10.3. The quantitative estimate of drug-likeness (QED) is 0.622. The molecule has 2 N–H and O–H groups in total. The molecule has 28 heavy (non-hydrogen) atoms. The number of carbonyl (C=O) groups is 2. The largest absolute Gasteiger partial charge is 0.352 e. The fourth-order valence-corrected chi connectivity index (χ4v) is 3.06. The number of amides is 2. The Morgan fingerprint density at radius 1 is 0.821 bits per heavy atom. The molecule has 0 spiro atoms. The van der Waals surface area contributed by atoms with E-state index in [2.05, 4.69) is 10.6 Å². The summed E-state index contributed by atoms with van der Waals surface area (Å²) in [6, 6.07) is 24.1. The van der Waals surface area contributed by atoms with Gasteiger partial charge in [0.15, 0.2) is 0 Å². The molecule has 142 valence electrons. The lowest BCUT2D eigenvalue weighted by atomic mass is 10.1. The van der Waals surface area contributed by atoms with Crippen molar-refractivity contribution in [3.8, 4) is 0 Å².